The molecule has 54 heavy (non-hydrogen) atoms. The van der Waals surface area contributed by atoms with E-state index in [0.717, 1.165) is 51.5 Å². The average Bonchev–Trinajstić information content (AvgIpc) is 3.27. The van der Waals surface area contributed by atoms with Crippen LogP contribution in [-0.2, 0) is 0 Å². The number of pyridine rings is 1. The second-order valence-corrected chi connectivity index (χ2v) is 14.0. The van der Waals surface area contributed by atoms with E-state index in [1.165, 1.54) is 49.0 Å². The highest BCUT2D eigenvalue weighted by molar-refractivity contribution is 6.25. The fourth-order valence-electron chi connectivity index (χ4n) is 7.93. The molecule has 1 aliphatic carbocycles. The van der Waals surface area contributed by atoms with E-state index in [1.807, 2.05) is 18.5 Å². The Labute approximate surface area is 314 Å². The molecule has 7 aromatic carbocycles. The molecule has 0 aliphatic heterocycles. The lowest BCUT2D eigenvalue weighted by atomic mass is 9.90. The van der Waals surface area contributed by atoms with Gasteiger partial charge in [0.2, 0.25) is 0 Å². The van der Waals surface area contributed by atoms with E-state index in [-0.39, 0.29) is 5.92 Å². The van der Waals surface area contributed by atoms with Crippen molar-refractivity contribution in [1.82, 2.24) is 15.0 Å². The summed E-state index contributed by atoms with van der Waals surface area (Å²) in [6.07, 6.45) is 11.4. The lowest BCUT2D eigenvalue weighted by Crippen LogP contribution is -2.05. The molecule has 0 bridgehead atoms. The van der Waals surface area contributed by atoms with Crippen LogP contribution >= 0.6 is 0 Å². The molecule has 0 amide bonds. The molecular weight excluding hydrogens is 655 g/mol. The van der Waals surface area contributed by atoms with E-state index >= 15 is 0 Å². The Morgan fingerprint density at radius 2 is 1.02 bits per heavy atom. The number of aromatic nitrogens is 3. The summed E-state index contributed by atoms with van der Waals surface area (Å²) in [6.45, 7) is 0. The molecule has 3 heteroatoms. The fourth-order valence-corrected chi connectivity index (χ4v) is 7.93. The van der Waals surface area contributed by atoms with E-state index in [1.54, 1.807) is 0 Å². The SMILES string of the molecule is C1=CC(c2cc(-c3cccc(-c4ccccc4)c3)nc(-c3cccc(-c4ccc5c6ccccc6c6ccccc6c5c4)c3)n2)CC=C1c1cccnc1. The largest absolute Gasteiger partial charge is 0.264 e. The highest BCUT2D eigenvalue weighted by atomic mass is 14.9. The van der Waals surface area contributed by atoms with E-state index in [2.05, 4.69) is 181 Å². The van der Waals surface area contributed by atoms with Gasteiger partial charge in [0.05, 0.1) is 11.4 Å². The second-order valence-electron chi connectivity index (χ2n) is 14.0. The third-order valence-electron chi connectivity index (χ3n) is 10.7. The summed E-state index contributed by atoms with van der Waals surface area (Å²) >= 11 is 0. The third kappa shape index (κ3) is 5.86. The molecule has 10 rings (SSSR count). The van der Waals surface area contributed by atoms with Crippen LogP contribution in [0.15, 0.2) is 194 Å². The predicted molar refractivity (Wildman–Crippen MR) is 225 cm³/mol. The minimum Gasteiger partial charge on any atom is -0.264 e. The second kappa shape index (κ2) is 13.5. The standard InChI is InChI=1S/C51H35N3/c1-2-11-34(12-3-1)37-13-8-15-40(29-37)50-32-49(36-24-22-35(23-25-36)42-17-10-28-52-33-42)53-51(54-50)41-16-9-14-38(30-41)39-26-27-47-45-20-5-4-18-43(45)44-19-6-7-21-46(44)48(47)31-39/h1-24,26-33,36H,25H2. The summed E-state index contributed by atoms with van der Waals surface area (Å²) in [4.78, 5) is 14.9. The van der Waals surface area contributed by atoms with E-state index in [4.69, 9.17) is 9.97 Å². The van der Waals surface area contributed by atoms with E-state index in [9.17, 15) is 0 Å². The molecule has 254 valence electrons. The number of benzene rings is 7. The van der Waals surface area contributed by atoms with Crippen LogP contribution in [0.4, 0.5) is 0 Å². The predicted octanol–water partition coefficient (Wildman–Crippen LogP) is 13.1. The zero-order chi connectivity index (χ0) is 35.8. The quantitative estimate of drug-likeness (QED) is 0.163. The molecule has 3 nitrogen and oxygen atoms in total. The zero-order valence-electron chi connectivity index (χ0n) is 29.6. The minimum atomic E-state index is 0.120. The lowest BCUT2D eigenvalue weighted by Gasteiger charge is -2.18. The maximum atomic E-state index is 5.29. The molecular formula is C51H35N3. The van der Waals surface area contributed by atoms with Crippen LogP contribution in [-0.4, -0.2) is 15.0 Å². The average molecular weight is 690 g/mol. The third-order valence-corrected chi connectivity index (χ3v) is 10.7. The first-order valence-electron chi connectivity index (χ1n) is 18.5. The van der Waals surface area contributed by atoms with Crippen molar-refractivity contribution in [3.05, 3.63) is 206 Å². The van der Waals surface area contributed by atoms with Gasteiger partial charge in [0.25, 0.3) is 0 Å². The molecule has 0 spiro atoms. The van der Waals surface area contributed by atoms with Gasteiger partial charge in [-0.05, 0) is 102 Å². The summed E-state index contributed by atoms with van der Waals surface area (Å²) in [6, 6.07) is 58.5. The number of fused-ring (bicyclic) bond motifs is 6. The van der Waals surface area contributed by atoms with Gasteiger partial charge in [-0.25, -0.2) is 9.97 Å². The molecule has 0 fully saturated rings. The molecule has 2 aromatic heterocycles. The molecule has 0 saturated heterocycles. The van der Waals surface area contributed by atoms with Gasteiger partial charge in [-0.1, -0.05) is 152 Å². The fraction of sp³-hybridized carbons (Fsp3) is 0.0392. The van der Waals surface area contributed by atoms with Crippen molar-refractivity contribution >= 4 is 37.9 Å². The molecule has 1 atom stereocenters. The summed E-state index contributed by atoms with van der Waals surface area (Å²) in [5.41, 5.74) is 10.9. The Bertz CT molecular complexity index is 2870. The van der Waals surface area contributed by atoms with Crippen molar-refractivity contribution in [3.8, 4) is 44.9 Å². The van der Waals surface area contributed by atoms with Crippen molar-refractivity contribution in [2.24, 2.45) is 0 Å². The van der Waals surface area contributed by atoms with Gasteiger partial charge < -0.3 is 0 Å². The number of nitrogens with zero attached hydrogens (tertiary/aromatic N) is 3. The maximum Gasteiger partial charge on any atom is 0.160 e. The molecule has 0 N–H and O–H groups in total. The number of hydrogen-bond donors (Lipinski definition) is 0. The van der Waals surface area contributed by atoms with Gasteiger partial charge in [-0.2, -0.15) is 0 Å². The van der Waals surface area contributed by atoms with Crippen LogP contribution < -0.4 is 0 Å². The van der Waals surface area contributed by atoms with Gasteiger partial charge in [-0.3, -0.25) is 4.98 Å². The van der Waals surface area contributed by atoms with Gasteiger partial charge in [-0.15, -0.1) is 0 Å². The lowest BCUT2D eigenvalue weighted by molar-refractivity contribution is 0.813. The summed E-state index contributed by atoms with van der Waals surface area (Å²) in [7, 11) is 0. The smallest absolute Gasteiger partial charge is 0.160 e. The highest BCUT2D eigenvalue weighted by Gasteiger charge is 2.19. The molecule has 9 aromatic rings. The normalized spacial score (nSPS) is 14.1. The summed E-state index contributed by atoms with van der Waals surface area (Å²) in [5, 5.41) is 7.63. The maximum absolute atomic E-state index is 5.29. The molecule has 1 aliphatic rings. The van der Waals surface area contributed by atoms with Crippen LogP contribution in [0, 0.1) is 0 Å². The van der Waals surface area contributed by atoms with Crippen LogP contribution in [0.1, 0.15) is 23.6 Å². The Balaban J connectivity index is 1.08. The van der Waals surface area contributed by atoms with Gasteiger partial charge in [0.1, 0.15) is 0 Å². The Kier molecular flexibility index (Phi) is 7.96. The molecule has 1 unspecified atom stereocenters. The van der Waals surface area contributed by atoms with Crippen molar-refractivity contribution in [3.63, 3.8) is 0 Å². The molecule has 0 radical (unpaired) electrons. The zero-order valence-corrected chi connectivity index (χ0v) is 29.6. The Morgan fingerprint density at radius 3 is 1.72 bits per heavy atom. The summed E-state index contributed by atoms with van der Waals surface area (Å²) in [5.74, 6) is 0.845. The van der Waals surface area contributed by atoms with Crippen molar-refractivity contribution in [2.45, 2.75) is 12.3 Å². The topological polar surface area (TPSA) is 38.7 Å². The first-order valence-corrected chi connectivity index (χ1v) is 18.5. The van der Waals surface area contributed by atoms with Crippen LogP contribution in [0.25, 0.3) is 82.8 Å². The van der Waals surface area contributed by atoms with Crippen molar-refractivity contribution in [2.75, 3.05) is 0 Å². The van der Waals surface area contributed by atoms with Crippen LogP contribution in [0.2, 0.25) is 0 Å². The number of hydrogen-bond acceptors (Lipinski definition) is 3. The number of rotatable bonds is 6. The minimum absolute atomic E-state index is 0.120. The first-order chi connectivity index (χ1) is 26.7. The summed E-state index contributed by atoms with van der Waals surface area (Å²) < 4.78 is 0. The van der Waals surface area contributed by atoms with Crippen molar-refractivity contribution in [1.29, 1.82) is 0 Å². The van der Waals surface area contributed by atoms with E-state index in [0.29, 0.717) is 0 Å². The molecule has 0 saturated carbocycles. The van der Waals surface area contributed by atoms with Gasteiger partial charge in [0.15, 0.2) is 5.82 Å². The molecule has 2 heterocycles. The highest BCUT2D eigenvalue weighted by Crippen LogP contribution is 2.38. The Morgan fingerprint density at radius 1 is 0.426 bits per heavy atom. The number of allylic oxidation sites excluding steroid dienone is 4. The van der Waals surface area contributed by atoms with Crippen LogP contribution in [0.3, 0.4) is 0 Å². The van der Waals surface area contributed by atoms with Crippen molar-refractivity contribution < 1.29 is 0 Å². The Hall–Kier alpha value is -6.97. The van der Waals surface area contributed by atoms with Crippen LogP contribution in [0.5, 0.6) is 0 Å². The monoisotopic (exact) mass is 689 g/mol. The first kappa shape index (κ1) is 31.7. The van der Waals surface area contributed by atoms with E-state index < -0.39 is 0 Å². The van der Waals surface area contributed by atoms with Gasteiger partial charge in [0, 0.05) is 29.4 Å². The van der Waals surface area contributed by atoms with Gasteiger partial charge >= 0.3 is 0 Å².